The van der Waals surface area contributed by atoms with Gasteiger partial charge >= 0.3 is 0 Å². The van der Waals surface area contributed by atoms with Crippen molar-refractivity contribution in [3.8, 4) is 11.3 Å². The second-order valence-electron chi connectivity index (χ2n) is 3.34. The van der Waals surface area contributed by atoms with Crippen LogP contribution in [0.3, 0.4) is 0 Å². The number of aromatic nitrogens is 1. The van der Waals surface area contributed by atoms with Crippen LogP contribution >= 0.6 is 0 Å². The first-order valence-corrected chi connectivity index (χ1v) is 4.69. The Balaban J connectivity index is 2.52. The Morgan fingerprint density at radius 1 is 0.714 bits per heavy atom. The van der Waals surface area contributed by atoms with Gasteiger partial charge in [0.1, 0.15) is 0 Å². The van der Waals surface area contributed by atoms with Crippen LogP contribution in [0.15, 0.2) is 54.6 Å². The van der Waals surface area contributed by atoms with Gasteiger partial charge in [0.05, 0.1) is 11.2 Å². The first kappa shape index (κ1) is 7.51. The van der Waals surface area contributed by atoms with E-state index in [1.54, 1.807) is 0 Å². The highest BCUT2D eigenvalue weighted by molar-refractivity contribution is 5.96. The highest BCUT2D eigenvalue weighted by Crippen LogP contribution is 2.29. The second-order valence-corrected chi connectivity index (χ2v) is 3.34. The molecule has 0 unspecified atom stereocenters. The van der Waals surface area contributed by atoms with Crippen LogP contribution in [-0.4, -0.2) is 4.98 Å². The number of nitrogens with zero attached hydrogens (tertiary/aromatic N) is 1. The lowest BCUT2D eigenvalue weighted by atomic mass is 10.1. The largest absolute Gasteiger partial charge is 0.248 e. The summed E-state index contributed by atoms with van der Waals surface area (Å²) in [5, 5.41) is 1.23. The Kier molecular flexibility index (Phi) is 1.51. The predicted octanol–water partition coefficient (Wildman–Crippen LogP) is 3.34. The molecule has 0 atom stereocenters. The number of fused-ring (bicyclic) bond motifs is 3. The van der Waals surface area contributed by atoms with Gasteiger partial charge in [0.2, 0.25) is 0 Å². The Morgan fingerprint density at radius 2 is 1.50 bits per heavy atom. The van der Waals surface area contributed by atoms with Crippen molar-refractivity contribution in [1.82, 2.24) is 4.98 Å². The quantitative estimate of drug-likeness (QED) is 0.515. The summed E-state index contributed by atoms with van der Waals surface area (Å²) < 4.78 is 0. The normalized spacial score (nSPS) is 10.9. The van der Waals surface area contributed by atoms with E-state index in [4.69, 9.17) is 0 Å². The van der Waals surface area contributed by atoms with Crippen LogP contribution in [0.1, 0.15) is 0 Å². The average molecular weight is 179 g/mol. The lowest BCUT2D eigenvalue weighted by Gasteiger charge is -1.89. The highest BCUT2D eigenvalue weighted by atomic mass is 14.7. The van der Waals surface area contributed by atoms with Crippen molar-refractivity contribution in [2.75, 3.05) is 0 Å². The Hall–Kier alpha value is -1.89. The third kappa shape index (κ3) is 0.990. The molecule has 0 aromatic heterocycles. The second kappa shape index (κ2) is 2.81. The number of hydrogen-bond acceptors (Lipinski definition) is 1. The van der Waals surface area contributed by atoms with E-state index >= 15 is 0 Å². The maximum atomic E-state index is 4.56. The van der Waals surface area contributed by atoms with Crippen molar-refractivity contribution in [1.29, 1.82) is 0 Å². The summed E-state index contributed by atoms with van der Waals surface area (Å²) in [6, 6.07) is 18.5. The Morgan fingerprint density at radius 3 is 2.50 bits per heavy atom. The van der Waals surface area contributed by atoms with Gasteiger partial charge in [0, 0.05) is 10.9 Å². The van der Waals surface area contributed by atoms with Gasteiger partial charge in [-0.3, -0.25) is 0 Å². The number of benzene rings is 1. The maximum absolute atomic E-state index is 4.56. The molecule has 14 heavy (non-hydrogen) atoms. The molecular formula is C13H9N. The summed E-state index contributed by atoms with van der Waals surface area (Å²) in [5.74, 6) is 0. The monoisotopic (exact) mass is 179 g/mol. The summed E-state index contributed by atoms with van der Waals surface area (Å²) in [6.45, 7) is 0. The Labute approximate surface area is 82.4 Å². The van der Waals surface area contributed by atoms with Gasteiger partial charge < -0.3 is 0 Å². The molecule has 1 nitrogen and oxygen atoms in total. The van der Waals surface area contributed by atoms with Crippen molar-refractivity contribution in [2.24, 2.45) is 0 Å². The van der Waals surface area contributed by atoms with E-state index in [2.05, 4.69) is 41.4 Å². The van der Waals surface area contributed by atoms with Crippen molar-refractivity contribution in [3.63, 3.8) is 0 Å². The molecule has 1 aromatic rings. The van der Waals surface area contributed by atoms with Gasteiger partial charge in [-0.2, -0.15) is 0 Å². The van der Waals surface area contributed by atoms with Crippen LogP contribution < -0.4 is 0 Å². The summed E-state index contributed by atoms with van der Waals surface area (Å²) in [7, 11) is 0. The van der Waals surface area contributed by atoms with Crippen LogP contribution in [-0.2, 0) is 0 Å². The number of para-hydroxylation sites is 1. The topological polar surface area (TPSA) is 12.9 Å². The minimum Gasteiger partial charge on any atom is -0.248 e. The van der Waals surface area contributed by atoms with E-state index in [0.717, 1.165) is 11.2 Å². The standard InChI is InChI=1S/C13H9N/c1-2-6-10-11-7-4-5-9-13(11)14-12(10)8-3-1/h1-9H. The molecule has 0 spiro atoms. The third-order valence-electron chi connectivity index (χ3n) is 2.45. The molecule has 0 radical (unpaired) electrons. The van der Waals surface area contributed by atoms with Crippen molar-refractivity contribution >= 4 is 10.9 Å². The molecule has 3 rings (SSSR count). The maximum Gasteiger partial charge on any atom is 0.0716 e. The number of rotatable bonds is 0. The first-order valence-electron chi connectivity index (χ1n) is 4.69. The molecule has 0 bridgehead atoms. The summed E-state index contributed by atoms with van der Waals surface area (Å²) in [5.41, 5.74) is 3.37. The molecule has 2 aliphatic rings. The fourth-order valence-corrected chi connectivity index (χ4v) is 1.79. The van der Waals surface area contributed by atoms with E-state index in [0.29, 0.717) is 0 Å². The summed E-state index contributed by atoms with van der Waals surface area (Å²) in [4.78, 5) is 4.56. The Bertz CT molecular complexity index is 557. The zero-order valence-corrected chi connectivity index (χ0v) is 7.64. The van der Waals surface area contributed by atoms with Gasteiger partial charge in [0.25, 0.3) is 0 Å². The van der Waals surface area contributed by atoms with Crippen molar-refractivity contribution in [2.45, 2.75) is 0 Å². The molecule has 0 amide bonds. The van der Waals surface area contributed by atoms with E-state index in [-0.39, 0.29) is 0 Å². The molecule has 0 fully saturated rings. The summed E-state index contributed by atoms with van der Waals surface area (Å²) >= 11 is 0. The smallest absolute Gasteiger partial charge is 0.0716 e. The fourth-order valence-electron chi connectivity index (χ4n) is 1.79. The average Bonchev–Trinajstić information content (AvgIpc) is 2.42. The van der Waals surface area contributed by atoms with Gasteiger partial charge in [-0.15, -0.1) is 0 Å². The minimum atomic E-state index is 1.07. The van der Waals surface area contributed by atoms with E-state index in [1.807, 2.05) is 18.2 Å². The molecule has 1 heterocycles. The van der Waals surface area contributed by atoms with E-state index in [9.17, 15) is 0 Å². The van der Waals surface area contributed by atoms with Crippen molar-refractivity contribution < 1.29 is 0 Å². The van der Waals surface area contributed by atoms with E-state index in [1.165, 1.54) is 10.9 Å². The molecule has 1 aliphatic carbocycles. The molecule has 1 aromatic carbocycles. The zero-order chi connectivity index (χ0) is 9.38. The van der Waals surface area contributed by atoms with Crippen LogP contribution in [0, 0.1) is 0 Å². The SMILES string of the molecule is c1ccc2nc3ccccc3c-2cc1. The minimum absolute atomic E-state index is 1.07. The highest BCUT2D eigenvalue weighted by Gasteiger charge is 2.07. The van der Waals surface area contributed by atoms with Crippen LogP contribution in [0.25, 0.3) is 22.2 Å². The van der Waals surface area contributed by atoms with Gasteiger partial charge in [-0.05, 0) is 12.1 Å². The molecule has 0 saturated heterocycles. The molecule has 66 valence electrons. The third-order valence-corrected chi connectivity index (χ3v) is 2.45. The number of hydrogen-bond donors (Lipinski definition) is 0. The zero-order valence-electron chi connectivity index (χ0n) is 7.64. The van der Waals surface area contributed by atoms with Crippen LogP contribution in [0.5, 0.6) is 0 Å². The predicted molar refractivity (Wildman–Crippen MR) is 58.4 cm³/mol. The van der Waals surface area contributed by atoms with Gasteiger partial charge in [0.15, 0.2) is 0 Å². The summed E-state index contributed by atoms with van der Waals surface area (Å²) in [6.07, 6.45) is 0. The molecular weight excluding hydrogens is 170 g/mol. The first-order chi connectivity index (χ1) is 6.95. The van der Waals surface area contributed by atoms with Crippen LogP contribution in [0.4, 0.5) is 0 Å². The molecule has 0 N–H and O–H groups in total. The van der Waals surface area contributed by atoms with Crippen molar-refractivity contribution in [3.05, 3.63) is 54.6 Å². The van der Waals surface area contributed by atoms with Gasteiger partial charge in [-0.25, -0.2) is 4.98 Å². The lowest BCUT2D eigenvalue weighted by molar-refractivity contribution is 1.47. The van der Waals surface area contributed by atoms with Gasteiger partial charge in [-0.1, -0.05) is 42.5 Å². The molecule has 1 heteroatoms. The lowest BCUT2D eigenvalue weighted by Crippen LogP contribution is -1.66. The fraction of sp³-hybridized carbons (Fsp3) is 0. The van der Waals surface area contributed by atoms with Crippen LogP contribution in [0.2, 0.25) is 0 Å². The molecule has 1 aliphatic heterocycles. The van der Waals surface area contributed by atoms with E-state index < -0.39 is 0 Å². The molecule has 0 saturated carbocycles.